The van der Waals surface area contributed by atoms with E-state index in [1.807, 2.05) is 0 Å². The number of nitrogens with zero attached hydrogens (tertiary/aromatic N) is 1. The molecule has 0 amide bonds. The topological polar surface area (TPSA) is 23.5 Å². The average Bonchev–Trinajstić information content (AvgIpc) is 2.15. The van der Waals surface area contributed by atoms with Crippen LogP contribution in [0.15, 0.2) is 0 Å². The molecular weight excluding hydrogens is 150 g/mol. The van der Waals surface area contributed by atoms with Gasteiger partial charge in [-0.25, -0.2) is 0 Å². The van der Waals surface area contributed by atoms with Gasteiger partial charge in [-0.3, -0.25) is 4.90 Å². The lowest BCUT2D eigenvalue weighted by Crippen LogP contribution is -2.42. The first-order valence-corrected chi connectivity index (χ1v) is 4.67. The molecule has 1 unspecified atom stereocenters. The lowest BCUT2D eigenvalue weighted by Gasteiger charge is -2.33. The predicted molar refractivity (Wildman–Crippen MR) is 49.7 cm³/mol. The fourth-order valence-corrected chi connectivity index (χ4v) is 1.77. The number of aliphatic hydroxyl groups excluding tert-OH is 1. The summed E-state index contributed by atoms with van der Waals surface area (Å²) in [5.41, 5.74) is 0. The first-order valence-electron chi connectivity index (χ1n) is 4.67. The summed E-state index contributed by atoms with van der Waals surface area (Å²) >= 11 is 0. The second-order valence-electron chi connectivity index (χ2n) is 3.32. The van der Waals surface area contributed by atoms with E-state index in [2.05, 4.69) is 10.8 Å². The van der Waals surface area contributed by atoms with Crippen LogP contribution in [-0.4, -0.2) is 35.7 Å². The SMILES string of the molecule is C#CCCN1CCCCC1CO. The second kappa shape index (κ2) is 5.18. The Bertz CT molecular complexity index is 162. The number of hydrogen-bond acceptors (Lipinski definition) is 2. The van der Waals surface area contributed by atoms with E-state index in [1.54, 1.807) is 0 Å². The third kappa shape index (κ3) is 2.51. The minimum Gasteiger partial charge on any atom is -0.395 e. The molecule has 0 spiro atoms. The molecule has 0 aromatic heterocycles. The monoisotopic (exact) mass is 167 g/mol. The predicted octanol–water partition coefficient (Wildman–Crippen LogP) is 0.857. The zero-order valence-corrected chi connectivity index (χ0v) is 7.50. The Kier molecular flexibility index (Phi) is 4.13. The van der Waals surface area contributed by atoms with E-state index in [-0.39, 0.29) is 6.61 Å². The van der Waals surface area contributed by atoms with E-state index in [0.717, 1.165) is 25.9 Å². The summed E-state index contributed by atoms with van der Waals surface area (Å²) in [5, 5.41) is 9.07. The third-order valence-corrected chi connectivity index (χ3v) is 2.50. The maximum atomic E-state index is 9.07. The van der Waals surface area contributed by atoms with Gasteiger partial charge in [0.05, 0.1) is 6.61 Å². The van der Waals surface area contributed by atoms with Crippen LogP contribution in [0, 0.1) is 12.3 Å². The van der Waals surface area contributed by atoms with Gasteiger partial charge in [-0.05, 0) is 19.4 Å². The number of terminal acetylenes is 1. The first-order chi connectivity index (χ1) is 5.88. The van der Waals surface area contributed by atoms with Crippen molar-refractivity contribution in [1.29, 1.82) is 0 Å². The van der Waals surface area contributed by atoms with Crippen LogP contribution >= 0.6 is 0 Å². The molecule has 1 fully saturated rings. The van der Waals surface area contributed by atoms with Gasteiger partial charge in [0.2, 0.25) is 0 Å². The molecule has 1 aliphatic heterocycles. The van der Waals surface area contributed by atoms with Crippen LogP contribution in [0.5, 0.6) is 0 Å². The van der Waals surface area contributed by atoms with Crippen LogP contribution in [0.1, 0.15) is 25.7 Å². The van der Waals surface area contributed by atoms with Crippen molar-refractivity contribution in [1.82, 2.24) is 4.90 Å². The minimum absolute atomic E-state index is 0.282. The molecule has 0 aromatic carbocycles. The van der Waals surface area contributed by atoms with Crippen LogP contribution in [0.4, 0.5) is 0 Å². The van der Waals surface area contributed by atoms with Gasteiger partial charge in [-0.15, -0.1) is 12.3 Å². The summed E-state index contributed by atoms with van der Waals surface area (Å²) in [5.74, 6) is 2.64. The molecule has 0 aromatic rings. The summed E-state index contributed by atoms with van der Waals surface area (Å²) in [6.45, 7) is 2.33. The van der Waals surface area contributed by atoms with Crippen LogP contribution in [0.2, 0.25) is 0 Å². The lowest BCUT2D eigenvalue weighted by molar-refractivity contribution is 0.0924. The highest BCUT2D eigenvalue weighted by Crippen LogP contribution is 2.16. The number of likely N-dealkylation sites (tertiary alicyclic amines) is 1. The number of rotatable bonds is 3. The summed E-state index contributed by atoms with van der Waals surface area (Å²) in [7, 11) is 0. The highest BCUT2D eigenvalue weighted by molar-refractivity contribution is 4.86. The van der Waals surface area contributed by atoms with E-state index < -0.39 is 0 Å². The molecule has 12 heavy (non-hydrogen) atoms. The number of aliphatic hydroxyl groups is 1. The zero-order valence-electron chi connectivity index (χ0n) is 7.50. The van der Waals surface area contributed by atoms with Crippen molar-refractivity contribution < 1.29 is 5.11 Å². The molecule has 1 N–H and O–H groups in total. The molecule has 0 bridgehead atoms. The molecule has 0 saturated carbocycles. The Hall–Kier alpha value is -0.520. The third-order valence-electron chi connectivity index (χ3n) is 2.50. The van der Waals surface area contributed by atoms with Gasteiger partial charge in [0.1, 0.15) is 0 Å². The molecule has 1 rings (SSSR count). The van der Waals surface area contributed by atoms with Crippen molar-refractivity contribution in [3.63, 3.8) is 0 Å². The molecule has 0 aliphatic carbocycles. The Morgan fingerprint density at radius 1 is 1.50 bits per heavy atom. The Balaban J connectivity index is 2.32. The average molecular weight is 167 g/mol. The molecule has 68 valence electrons. The molecule has 2 nitrogen and oxygen atoms in total. The van der Waals surface area contributed by atoms with Gasteiger partial charge in [-0.2, -0.15) is 0 Å². The lowest BCUT2D eigenvalue weighted by atomic mass is 10.0. The standard InChI is InChI=1S/C10H17NO/c1-2-3-7-11-8-5-4-6-10(11)9-12/h1,10,12H,3-9H2. The number of piperidine rings is 1. The highest BCUT2D eigenvalue weighted by Gasteiger charge is 2.20. The van der Waals surface area contributed by atoms with E-state index in [9.17, 15) is 0 Å². The molecule has 1 heterocycles. The normalized spacial score (nSPS) is 25.2. The van der Waals surface area contributed by atoms with Crippen molar-refractivity contribution in [2.45, 2.75) is 31.7 Å². The maximum Gasteiger partial charge on any atom is 0.0586 e. The van der Waals surface area contributed by atoms with Crippen molar-refractivity contribution in [3.8, 4) is 12.3 Å². The van der Waals surface area contributed by atoms with Gasteiger partial charge < -0.3 is 5.11 Å². The van der Waals surface area contributed by atoms with E-state index in [0.29, 0.717) is 6.04 Å². The molecule has 2 heteroatoms. The van der Waals surface area contributed by atoms with Crippen LogP contribution in [0.3, 0.4) is 0 Å². The maximum absolute atomic E-state index is 9.07. The van der Waals surface area contributed by atoms with Crippen molar-refractivity contribution in [2.24, 2.45) is 0 Å². The van der Waals surface area contributed by atoms with Gasteiger partial charge in [0.15, 0.2) is 0 Å². The minimum atomic E-state index is 0.282. The van der Waals surface area contributed by atoms with Crippen molar-refractivity contribution in [2.75, 3.05) is 19.7 Å². The summed E-state index contributed by atoms with van der Waals surface area (Å²) in [6.07, 6.45) is 9.62. The second-order valence-corrected chi connectivity index (χ2v) is 3.32. The fraction of sp³-hybridized carbons (Fsp3) is 0.800. The molecular formula is C10H17NO. The van der Waals surface area contributed by atoms with Crippen molar-refractivity contribution >= 4 is 0 Å². The van der Waals surface area contributed by atoms with Gasteiger partial charge in [0, 0.05) is 19.0 Å². The summed E-state index contributed by atoms with van der Waals surface area (Å²) < 4.78 is 0. The zero-order chi connectivity index (χ0) is 8.81. The quantitative estimate of drug-likeness (QED) is 0.630. The van der Waals surface area contributed by atoms with Gasteiger partial charge in [0.25, 0.3) is 0 Å². The molecule has 1 saturated heterocycles. The smallest absolute Gasteiger partial charge is 0.0586 e. The van der Waals surface area contributed by atoms with Crippen LogP contribution in [0.25, 0.3) is 0 Å². The van der Waals surface area contributed by atoms with Crippen molar-refractivity contribution in [3.05, 3.63) is 0 Å². The van der Waals surface area contributed by atoms with Crippen LogP contribution < -0.4 is 0 Å². The Labute approximate surface area is 74.6 Å². The molecule has 1 aliphatic rings. The van der Waals surface area contributed by atoms with E-state index >= 15 is 0 Å². The fourth-order valence-electron chi connectivity index (χ4n) is 1.77. The molecule has 0 radical (unpaired) electrons. The largest absolute Gasteiger partial charge is 0.395 e. The van der Waals surface area contributed by atoms with Gasteiger partial charge in [-0.1, -0.05) is 6.42 Å². The Morgan fingerprint density at radius 2 is 2.33 bits per heavy atom. The molecule has 1 atom stereocenters. The summed E-state index contributed by atoms with van der Waals surface area (Å²) in [4.78, 5) is 2.31. The Morgan fingerprint density at radius 3 is 3.00 bits per heavy atom. The van der Waals surface area contributed by atoms with Gasteiger partial charge >= 0.3 is 0 Å². The highest BCUT2D eigenvalue weighted by atomic mass is 16.3. The van der Waals surface area contributed by atoms with E-state index in [1.165, 1.54) is 12.8 Å². The number of hydrogen-bond donors (Lipinski definition) is 1. The summed E-state index contributed by atoms with van der Waals surface area (Å²) in [6, 6.07) is 0.368. The van der Waals surface area contributed by atoms with Crippen LogP contribution in [-0.2, 0) is 0 Å². The first kappa shape index (κ1) is 9.57. The van der Waals surface area contributed by atoms with E-state index in [4.69, 9.17) is 11.5 Å².